The molecule has 0 aliphatic heterocycles. The number of ketones is 1. The maximum atomic E-state index is 14.1. The Bertz CT molecular complexity index is 1450. The zero-order chi connectivity index (χ0) is 40.8. The Labute approximate surface area is 313 Å². The van der Waals surface area contributed by atoms with Crippen LogP contribution in [-0.4, -0.2) is 68.2 Å². The van der Waals surface area contributed by atoms with Crippen molar-refractivity contribution in [2.24, 2.45) is 17.8 Å². The zero-order valence-electron chi connectivity index (χ0n) is 31.9. The molecule has 1 N–H and O–H groups in total. The van der Waals surface area contributed by atoms with Crippen molar-refractivity contribution < 1.29 is 64.8 Å². The first-order valence-electron chi connectivity index (χ1n) is 18.1. The Morgan fingerprint density at radius 3 is 1.50 bits per heavy atom. The van der Waals surface area contributed by atoms with Crippen LogP contribution in [0.4, 0.5) is 26.3 Å². The van der Waals surface area contributed by atoms with E-state index in [1.807, 2.05) is 6.92 Å². The van der Waals surface area contributed by atoms with Gasteiger partial charge in [0.15, 0.2) is 0 Å². The highest BCUT2D eigenvalue weighted by molar-refractivity contribution is 5.83. The molecule has 0 spiro atoms. The van der Waals surface area contributed by atoms with Crippen LogP contribution in [0.3, 0.4) is 0 Å². The summed E-state index contributed by atoms with van der Waals surface area (Å²) in [5, 5.41) is 10.9. The standard InChI is InChI=1S/C40H54F6O8/c1-28(21-22-33(47)30(3)23-26-53-34(48)37(51-5,39(41,42)43)31-17-9-7-10-18-31)15-13-24-36(4,50)25-14-16-29(2)27-54-35(49)38(52-6,40(44,45)46)32-19-11-8-12-20-32/h7-12,17-20,28-30,50H,13-16,21-27H2,1-6H3/t28-,29?,30?,36+,37?,38?/m0/s1. The van der Waals surface area contributed by atoms with Crippen LogP contribution in [0.2, 0.25) is 0 Å². The lowest BCUT2D eigenvalue weighted by Gasteiger charge is -2.32. The summed E-state index contributed by atoms with van der Waals surface area (Å²) in [4.78, 5) is 38.2. The second-order valence-corrected chi connectivity index (χ2v) is 14.4. The van der Waals surface area contributed by atoms with Crippen LogP contribution >= 0.6 is 0 Å². The van der Waals surface area contributed by atoms with E-state index < -0.39 is 59.2 Å². The number of hydrogen-bond donors (Lipinski definition) is 1. The minimum Gasteiger partial charge on any atom is -0.463 e. The molecule has 2 aromatic carbocycles. The second kappa shape index (κ2) is 20.4. The monoisotopic (exact) mass is 776 g/mol. The normalized spacial score (nSPS) is 17.3. The quantitative estimate of drug-likeness (QED) is 0.0881. The van der Waals surface area contributed by atoms with Gasteiger partial charge >= 0.3 is 24.3 Å². The lowest BCUT2D eigenvalue weighted by Crippen LogP contribution is -2.52. The number of carbonyl (C=O) groups excluding carboxylic acids is 3. The highest BCUT2D eigenvalue weighted by atomic mass is 19.4. The highest BCUT2D eigenvalue weighted by Crippen LogP contribution is 2.44. The first-order valence-corrected chi connectivity index (χ1v) is 18.1. The number of methoxy groups -OCH3 is 2. The van der Waals surface area contributed by atoms with Crippen LogP contribution in [-0.2, 0) is 44.5 Å². The van der Waals surface area contributed by atoms with Crippen LogP contribution in [0.15, 0.2) is 60.7 Å². The average Bonchev–Trinajstić information content (AvgIpc) is 3.10. The predicted octanol–water partition coefficient (Wildman–Crippen LogP) is 9.02. The van der Waals surface area contributed by atoms with Gasteiger partial charge in [-0.25, -0.2) is 9.59 Å². The van der Waals surface area contributed by atoms with E-state index >= 15 is 0 Å². The predicted molar refractivity (Wildman–Crippen MR) is 189 cm³/mol. The fourth-order valence-corrected chi connectivity index (χ4v) is 6.34. The van der Waals surface area contributed by atoms with Crippen molar-refractivity contribution in [3.05, 3.63) is 71.8 Å². The molecule has 54 heavy (non-hydrogen) atoms. The van der Waals surface area contributed by atoms with E-state index in [0.717, 1.165) is 44.9 Å². The number of rotatable bonds is 23. The molecule has 304 valence electrons. The van der Waals surface area contributed by atoms with E-state index in [9.17, 15) is 45.8 Å². The maximum Gasteiger partial charge on any atom is 0.432 e. The Morgan fingerprint density at radius 1 is 0.648 bits per heavy atom. The summed E-state index contributed by atoms with van der Waals surface area (Å²) in [5.74, 6) is -3.93. The second-order valence-electron chi connectivity index (χ2n) is 14.4. The van der Waals surface area contributed by atoms with Crippen molar-refractivity contribution >= 4 is 17.7 Å². The van der Waals surface area contributed by atoms with Crippen LogP contribution in [0.25, 0.3) is 0 Å². The largest absolute Gasteiger partial charge is 0.463 e. The molecule has 14 heteroatoms. The summed E-state index contributed by atoms with van der Waals surface area (Å²) in [6.45, 7) is 6.42. The number of Topliss-reactive ketones (excluding diaryl/α,β-unsaturated/α-hetero) is 1. The molecule has 0 fully saturated rings. The summed E-state index contributed by atoms with van der Waals surface area (Å²) in [7, 11) is 1.60. The van der Waals surface area contributed by atoms with Crippen LogP contribution in [0.1, 0.15) is 96.6 Å². The summed E-state index contributed by atoms with van der Waals surface area (Å²) < 4.78 is 104. The third-order valence-electron chi connectivity index (χ3n) is 9.89. The van der Waals surface area contributed by atoms with Gasteiger partial charge in [-0.2, -0.15) is 26.3 Å². The first kappa shape index (κ1) is 46.7. The van der Waals surface area contributed by atoms with Gasteiger partial charge in [-0.05, 0) is 50.9 Å². The fraction of sp³-hybridized carbons (Fsp3) is 0.625. The van der Waals surface area contributed by atoms with Crippen molar-refractivity contribution in [2.45, 2.75) is 115 Å². The Balaban J connectivity index is 1.72. The number of halogens is 6. The van der Waals surface area contributed by atoms with Gasteiger partial charge in [0, 0.05) is 37.7 Å². The first-order chi connectivity index (χ1) is 25.2. The van der Waals surface area contributed by atoms with E-state index in [1.54, 1.807) is 20.8 Å². The van der Waals surface area contributed by atoms with E-state index in [1.165, 1.54) is 36.4 Å². The van der Waals surface area contributed by atoms with Gasteiger partial charge in [0.2, 0.25) is 0 Å². The molecule has 2 rings (SSSR count). The van der Waals surface area contributed by atoms with Gasteiger partial charge in [0.1, 0.15) is 5.78 Å². The Morgan fingerprint density at radius 2 is 1.07 bits per heavy atom. The van der Waals surface area contributed by atoms with Gasteiger partial charge in [0.05, 0.1) is 18.8 Å². The molecule has 0 radical (unpaired) electrons. The molecule has 0 bridgehead atoms. The summed E-state index contributed by atoms with van der Waals surface area (Å²) in [6, 6.07) is 13.1. The third-order valence-corrected chi connectivity index (χ3v) is 9.89. The minimum atomic E-state index is -5.09. The average molecular weight is 777 g/mol. The minimum absolute atomic E-state index is 0.0461. The molecule has 0 aromatic heterocycles. The number of alkyl halides is 6. The molecule has 8 nitrogen and oxygen atoms in total. The zero-order valence-corrected chi connectivity index (χ0v) is 31.9. The number of benzene rings is 2. The number of esters is 2. The molecule has 0 amide bonds. The lowest BCUT2D eigenvalue weighted by atomic mass is 9.88. The van der Waals surface area contributed by atoms with Crippen molar-refractivity contribution in [2.75, 3.05) is 27.4 Å². The van der Waals surface area contributed by atoms with E-state index in [4.69, 9.17) is 18.9 Å². The molecular weight excluding hydrogens is 722 g/mol. The number of ether oxygens (including phenoxy) is 4. The number of aliphatic hydroxyl groups is 1. The number of carbonyl (C=O) groups is 3. The van der Waals surface area contributed by atoms with Gasteiger partial charge in [-0.3, -0.25) is 4.79 Å². The summed E-state index contributed by atoms with van der Waals surface area (Å²) in [5.41, 5.74) is -8.34. The molecule has 4 unspecified atom stereocenters. The third kappa shape index (κ3) is 12.3. The summed E-state index contributed by atoms with van der Waals surface area (Å²) in [6.07, 6.45) is -5.92. The van der Waals surface area contributed by atoms with Gasteiger partial charge in [-0.15, -0.1) is 0 Å². The number of hydrogen-bond acceptors (Lipinski definition) is 8. The summed E-state index contributed by atoms with van der Waals surface area (Å²) >= 11 is 0. The van der Waals surface area contributed by atoms with Crippen molar-refractivity contribution in [3.8, 4) is 0 Å². The molecule has 0 saturated heterocycles. The maximum absolute atomic E-state index is 14.1. The topological polar surface area (TPSA) is 108 Å². The molecule has 6 atom stereocenters. The lowest BCUT2D eigenvalue weighted by molar-refractivity contribution is -0.277. The fourth-order valence-electron chi connectivity index (χ4n) is 6.34. The van der Waals surface area contributed by atoms with E-state index in [-0.39, 0.29) is 42.6 Å². The molecule has 2 aromatic rings. The van der Waals surface area contributed by atoms with Gasteiger partial charge < -0.3 is 24.1 Å². The van der Waals surface area contributed by atoms with Crippen LogP contribution in [0, 0.1) is 17.8 Å². The van der Waals surface area contributed by atoms with E-state index in [0.29, 0.717) is 38.5 Å². The van der Waals surface area contributed by atoms with Crippen LogP contribution in [0.5, 0.6) is 0 Å². The molecule has 0 saturated carbocycles. The van der Waals surface area contributed by atoms with E-state index in [2.05, 4.69) is 0 Å². The Kier molecular flexibility index (Phi) is 17.7. The Hall–Kier alpha value is -3.49. The van der Waals surface area contributed by atoms with Crippen molar-refractivity contribution in [1.29, 1.82) is 0 Å². The van der Waals surface area contributed by atoms with Gasteiger partial charge in [0.25, 0.3) is 11.2 Å². The smallest absolute Gasteiger partial charge is 0.432 e. The highest BCUT2D eigenvalue weighted by Gasteiger charge is 2.65. The van der Waals surface area contributed by atoms with Crippen LogP contribution < -0.4 is 0 Å². The molecular formula is C40H54F6O8. The molecule has 0 heterocycles. The van der Waals surface area contributed by atoms with Crippen molar-refractivity contribution in [1.82, 2.24) is 0 Å². The molecule has 0 aliphatic rings. The van der Waals surface area contributed by atoms with Gasteiger partial charge in [-0.1, -0.05) is 101 Å². The molecule has 0 aliphatic carbocycles. The SMILES string of the molecule is COC(C(=O)OCCC(C)C(=O)CC[C@@H](C)CCC[C@@](C)(O)CCCC(C)COC(=O)C(OC)(c1ccccc1)C(F)(F)F)(c1ccccc1)C(F)(F)F. The van der Waals surface area contributed by atoms with Crippen molar-refractivity contribution in [3.63, 3.8) is 0 Å².